The molecule has 1 amide bonds. The lowest BCUT2D eigenvalue weighted by Gasteiger charge is -2.23. The number of hydrogen-bond acceptors (Lipinski definition) is 4. The Balaban J connectivity index is 2.37. The van der Waals surface area contributed by atoms with Gasteiger partial charge < -0.3 is 20.5 Å². The van der Waals surface area contributed by atoms with Gasteiger partial charge in [0.2, 0.25) is 0 Å². The highest BCUT2D eigenvalue weighted by molar-refractivity contribution is 5.68. The third-order valence-electron chi connectivity index (χ3n) is 2.28. The Morgan fingerprint density at radius 3 is 2.73 bits per heavy atom. The lowest BCUT2D eigenvalue weighted by molar-refractivity contribution is 0.0488. The second-order valence-electron chi connectivity index (χ2n) is 4.85. The number of carbonyl (C=O) groups excluding carboxylic acids is 1. The molecule has 1 rings (SSSR count). The van der Waals surface area contributed by atoms with Crippen molar-refractivity contribution in [3.05, 3.63) is 0 Å². The van der Waals surface area contributed by atoms with Gasteiger partial charge in [-0.25, -0.2) is 4.79 Å². The molecule has 3 N–H and O–H groups in total. The van der Waals surface area contributed by atoms with Crippen LogP contribution >= 0.6 is 0 Å². The molecule has 1 fully saturated rings. The smallest absolute Gasteiger partial charge is 0.407 e. The van der Waals surface area contributed by atoms with Gasteiger partial charge in [0.1, 0.15) is 5.60 Å². The van der Waals surface area contributed by atoms with Gasteiger partial charge in [-0.2, -0.15) is 0 Å². The van der Waals surface area contributed by atoms with E-state index in [-0.39, 0.29) is 18.6 Å². The van der Waals surface area contributed by atoms with Crippen molar-refractivity contribution in [3.8, 4) is 0 Å². The van der Waals surface area contributed by atoms with Gasteiger partial charge in [0.05, 0.1) is 6.04 Å². The predicted octanol–water partition coefficient (Wildman–Crippen LogP) is 0.0914. The van der Waals surface area contributed by atoms with Gasteiger partial charge in [0, 0.05) is 25.6 Å². The number of aliphatic hydroxyl groups is 1. The van der Waals surface area contributed by atoms with Crippen LogP contribution in [0.15, 0.2) is 0 Å². The monoisotopic (exact) mass is 216 g/mol. The van der Waals surface area contributed by atoms with E-state index in [1.807, 2.05) is 20.8 Å². The summed E-state index contributed by atoms with van der Waals surface area (Å²) >= 11 is 0. The molecule has 5 heteroatoms. The van der Waals surface area contributed by atoms with Crippen LogP contribution in [0, 0.1) is 5.92 Å². The van der Waals surface area contributed by atoms with E-state index in [9.17, 15) is 4.79 Å². The van der Waals surface area contributed by atoms with E-state index < -0.39 is 11.7 Å². The fraction of sp³-hybridized carbons (Fsp3) is 0.900. The fourth-order valence-corrected chi connectivity index (χ4v) is 1.55. The quantitative estimate of drug-likeness (QED) is 0.612. The number of carbonyl (C=O) groups is 1. The molecule has 0 bridgehead atoms. The van der Waals surface area contributed by atoms with Gasteiger partial charge in [-0.1, -0.05) is 0 Å². The first-order chi connectivity index (χ1) is 6.92. The van der Waals surface area contributed by atoms with E-state index in [4.69, 9.17) is 9.84 Å². The number of aliphatic hydroxyl groups excluding tert-OH is 1. The van der Waals surface area contributed by atoms with Crippen molar-refractivity contribution in [2.75, 3.05) is 19.7 Å². The van der Waals surface area contributed by atoms with Crippen LogP contribution in [0.4, 0.5) is 4.79 Å². The first-order valence-corrected chi connectivity index (χ1v) is 5.23. The molecule has 0 aromatic rings. The second kappa shape index (κ2) is 4.81. The topological polar surface area (TPSA) is 70.6 Å². The summed E-state index contributed by atoms with van der Waals surface area (Å²) in [5.74, 6) is 0.0810. The summed E-state index contributed by atoms with van der Waals surface area (Å²) in [6, 6.07) is -0.0372. The zero-order valence-corrected chi connectivity index (χ0v) is 9.54. The average molecular weight is 216 g/mol. The molecular formula is C10H20N2O3. The van der Waals surface area contributed by atoms with E-state index in [0.717, 1.165) is 6.54 Å². The number of hydrogen-bond donors (Lipinski definition) is 3. The number of rotatable bonds is 2. The normalized spacial score (nSPS) is 26.4. The number of nitrogens with one attached hydrogen (secondary N) is 2. The average Bonchev–Trinajstić information content (AvgIpc) is 2.48. The third-order valence-corrected chi connectivity index (χ3v) is 2.28. The Morgan fingerprint density at radius 2 is 2.20 bits per heavy atom. The highest BCUT2D eigenvalue weighted by Gasteiger charge is 2.29. The van der Waals surface area contributed by atoms with E-state index in [1.165, 1.54) is 0 Å². The SMILES string of the molecule is CC(C)(C)OC(=O)NC1CNCC1CO. The van der Waals surface area contributed by atoms with Gasteiger partial charge in [0.15, 0.2) is 0 Å². The van der Waals surface area contributed by atoms with Crippen molar-refractivity contribution in [1.29, 1.82) is 0 Å². The van der Waals surface area contributed by atoms with Crippen LogP contribution in [0.3, 0.4) is 0 Å². The Bertz CT molecular complexity index is 225. The Hall–Kier alpha value is -0.810. The summed E-state index contributed by atoms with van der Waals surface area (Å²) in [4.78, 5) is 11.4. The molecule has 1 heterocycles. The Morgan fingerprint density at radius 1 is 1.53 bits per heavy atom. The van der Waals surface area contributed by atoms with E-state index in [1.54, 1.807) is 0 Å². The van der Waals surface area contributed by atoms with Crippen molar-refractivity contribution in [2.45, 2.75) is 32.4 Å². The minimum absolute atomic E-state index is 0.0372. The molecule has 1 aliphatic rings. The number of alkyl carbamates (subject to hydrolysis) is 1. The van der Waals surface area contributed by atoms with Gasteiger partial charge in [-0.05, 0) is 20.8 Å². The van der Waals surface area contributed by atoms with Crippen LogP contribution in [0.1, 0.15) is 20.8 Å². The van der Waals surface area contributed by atoms with Crippen molar-refractivity contribution in [2.24, 2.45) is 5.92 Å². The minimum Gasteiger partial charge on any atom is -0.444 e. The summed E-state index contributed by atoms with van der Waals surface area (Å²) in [6.45, 7) is 6.96. The summed E-state index contributed by atoms with van der Waals surface area (Å²) in [5.41, 5.74) is -0.481. The van der Waals surface area contributed by atoms with E-state index >= 15 is 0 Å². The van der Waals surface area contributed by atoms with Crippen LogP contribution in [0.2, 0.25) is 0 Å². The first-order valence-electron chi connectivity index (χ1n) is 5.23. The Labute approximate surface area is 90.2 Å². The third kappa shape index (κ3) is 4.05. The van der Waals surface area contributed by atoms with Crippen molar-refractivity contribution in [3.63, 3.8) is 0 Å². The highest BCUT2D eigenvalue weighted by Crippen LogP contribution is 2.10. The van der Waals surface area contributed by atoms with Gasteiger partial charge in [0.25, 0.3) is 0 Å². The molecule has 0 radical (unpaired) electrons. The highest BCUT2D eigenvalue weighted by atomic mass is 16.6. The molecule has 0 spiro atoms. The molecule has 5 nitrogen and oxygen atoms in total. The maximum absolute atomic E-state index is 11.4. The van der Waals surface area contributed by atoms with Gasteiger partial charge >= 0.3 is 6.09 Å². The summed E-state index contributed by atoms with van der Waals surface area (Å²) in [5, 5.41) is 14.9. The molecule has 2 unspecified atom stereocenters. The van der Waals surface area contributed by atoms with Crippen LogP contribution in [0.25, 0.3) is 0 Å². The molecular weight excluding hydrogens is 196 g/mol. The summed E-state index contributed by atoms with van der Waals surface area (Å²) in [7, 11) is 0. The molecule has 0 aliphatic carbocycles. The maximum atomic E-state index is 11.4. The van der Waals surface area contributed by atoms with Crippen LogP contribution in [0.5, 0.6) is 0 Å². The first kappa shape index (κ1) is 12.3. The van der Waals surface area contributed by atoms with Crippen LogP contribution in [-0.2, 0) is 4.74 Å². The van der Waals surface area contributed by atoms with Crippen molar-refractivity contribution < 1.29 is 14.6 Å². The van der Waals surface area contributed by atoms with Crippen LogP contribution < -0.4 is 10.6 Å². The van der Waals surface area contributed by atoms with Crippen LogP contribution in [-0.4, -0.2) is 42.5 Å². The molecule has 2 atom stereocenters. The fourth-order valence-electron chi connectivity index (χ4n) is 1.55. The largest absolute Gasteiger partial charge is 0.444 e. The number of ether oxygens (including phenoxy) is 1. The Kier molecular flexibility index (Phi) is 3.93. The standard InChI is InChI=1S/C10H20N2O3/c1-10(2,3)15-9(14)12-8-5-11-4-7(8)6-13/h7-8,11,13H,4-6H2,1-3H3,(H,12,14). The summed E-state index contributed by atoms with van der Waals surface area (Å²) < 4.78 is 5.13. The maximum Gasteiger partial charge on any atom is 0.407 e. The molecule has 88 valence electrons. The predicted molar refractivity (Wildman–Crippen MR) is 56.6 cm³/mol. The molecule has 0 saturated carbocycles. The second-order valence-corrected chi connectivity index (χ2v) is 4.85. The van der Waals surface area contributed by atoms with E-state index in [2.05, 4.69) is 10.6 Å². The molecule has 1 aliphatic heterocycles. The zero-order valence-electron chi connectivity index (χ0n) is 9.54. The van der Waals surface area contributed by atoms with Crippen molar-refractivity contribution in [1.82, 2.24) is 10.6 Å². The van der Waals surface area contributed by atoms with Gasteiger partial charge in [-0.3, -0.25) is 0 Å². The van der Waals surface area contributed by atoms with E-state index in [0.29, 0.717) is 6.54 Å². The molecule has 1 saturated heterocycles. The summed E-state index contributed by atoms with van der Waals surface area (Å²) in [6.07, 6.45) is -0.422. The minimum atomic E-state index is -0.481. The lowest BCUT2D eigenvalue weighted by atomic mass is 10.1. The zero-order chi connectivity index (χ0) is 11.5. The molecule has 15 heavy (non-hydrogen) atoms. The molecule has 0 aromatic heterocycles. The van der Waals surface area contributed by atoms with Crippen molar-refractivity contribution >= 4 is 6.09 Å². The van der Waals surface area contributed by atoms with Gasteiger partial charge in [-0.15, -0.1) is 0 Å². The lowest BCUT2D eigenvalue weighted by Crippen LogP contribution is -2.43. The number of amides is 1. The molecule has 0 aromatic carbocycles.